The monoisotopic (exact) mass is 781 g/mol. The standard InChI is InChI=1S/C41H50Cl2N4O7/c1-6-7-8-9-10-11-12-13-14-15-19-35(54-29-20-21-34(48)31(23-29)41(2,3)4)40(51)44-28-18-16-17-27(22-28)39(50)45-36-26-37(49)46(47(36)52)38-32(42)24-30(53-5)25-33(38)43/h16-18,20-26,35H,6-15,19H2,1-5H3,(H2-,44,45,48,49,50,51)/p+1. The Kier molecular flexibility index (Phi) is 15.3. The Balaban J connectivity index is 1.42. The Hall–Kier alpha value is -4.61. The number of hydrazine groups is 1. The molecule has 4 rings (SSSR count). The van der Waals surface area contributed by atoms with Gasteiger partial charge in [0.15, 0.2) is 6.10 Å². The molecule has 13 heteroatoms. The highest BCUT2D eigenvalue weighted by Crippen LogP contribution is 2.39. The number of phenols is 1. The summed E-state index contributed by atoms with van der Waals surface area (Å²) in [6.45, 7) is 8.18. The van der Waals surface area contributed by atoms with Crippen LogP contribution in [0.2, 0.25) is 10.0 Å². The van der Waals surface area contributed by atoms with E-state index < -0.39 is 23.8 Å². The first-order chi connectivity index (χ1) is 25.7. The van der Waals surface area contributed by atoms with E-state index in [0.717, 1.165) is 31.8 Å². The molecule has 3 amide bonds. The van der Waals surface area contributed by atoms with Crippen molar-refractivity contribution < 1.29 is 33.8 Å². The number of hydrogen-bond acceptors (Lipinski definition) is 7. The van der Waals surface area contributed by atoms with E-state index in [2.05, 4.69) is 17.6 Å². The van der Waals surface area contributed by atoms with Gasteiger partial charge < -0.3 is 19.9 Å². The number of amides is 3. The summed E-state index contributed by atoms with van der Waals surface area (Å²) in [7, 11) is 1.42. The minimum absolute atomic E-state index is 0.00604. The van der Waals surface area contributed by atoms with Gasteiger partial charge >= 0.3 is 11.7 Å². The van der Waals surface area contributed by atoms with Crippen LogP contribution in [0.4, 0.5) is 11.4 Å². The first-order valence-corrected chi connectivity index (χ1v) is 19.3. The van der Waals surface area contributed by atoms with Crippen molar-refractivity contribution in [1.29, 1.82) is 0 Å². The number of carbonyl (C=O) groups excluding carboxylic acids is 3. The lowest BCUT2D eigenvalue weighted by atomic mass is 9.86. The lowest BCUT2D eigenvalue weighted by Gasteiger charge is -2.23. The Bertz CT molecular complexity index is 1830. The summed E-state index contributed by atoms with van der Waals surface area (Å²) in [5.74, 6) is -1.27. The zero-order chi connectivity index (χ0) is 39.4. The number of unbranched alkanes of at least 4 members (excludes halogenated alkanes) is 9. The normalized spacial score (nSPS) is 13.5. The average molecular weight is 783 g/mol. The number of hydrogen-bond donors (Lipinski definition) is 3. The number of anilines is 2. The molecule has 1 unspecified atom stereocenters. The number of halogens is 2. The number of benzene rings is 3. The molecule has 0 fully saturated rings. The Morgan fingerprint density at radius 1 is 0.870 bits per heavy atom. The second kappa shape index (κ2) is 19.6. The maximum absolute atomic E-state index is 13.7. The first-order valence-electron chi connectivity index (χ1n) is 18.5. The number of carbonyl (C=O) groups is 3. The summed E-state index contributed by atoms with van der Waals surface area (Å²) in [6, 6.07) is 14.0. The number of aromatic hydroxyl groups is 1. The van der Waals surface area contributed by atoms with Crippen LogP contribution in [0.25, 0.3) is 0 Å². The highest BCUT2D eigenvalue weighted by molar-refractivity contribution is 6.40. The van der Waals surface area contributed by atoms with Crippen LogP contribution >= 0.6 is 23.2 Å². The molecule has 290 valence electrons. The molecule has 0 radical (unpaired) electrons. The summed E-state index contributed by atoms with van der Waals surface area (Å²) in [6.07, 6.45) is 12.1. The van der Waals surface area contributed by atoms with Crippen molar-refractivity contribution in [2.24, 2.45) is 0 Å². The van der Waals surface area contributed by atoms with Crippen molar-refractivity contribution in [3.8, 4) is 17.2 Å². The van der Waals surface area contributed by atoms with Crippen LogP contribution in [0.3, 0.4) is 0 Å². The van der Waals surface area contributed by atoms with Gasteiger partial charge in [-0.1, -0.05) is 120 Å². The molecule has 1 atom stereocenters. The Labute approximate surface area is 327 Å². The lowest BCUT2D eigenvalue weighted by Crippen LogP contribution is -2.36. The molecule has 0 aliphatic carbocycles. The molecule has 1 heterocycles. The van der Waals surface area contributed by atoms with Crippen LogP contribution in [0.1, 0.15) is 114 Å². The second-order valence-electron chi connectivity index (χ2n) is 14.4. The van der Waals surface area contributed by atoms with E-state index in [-0.39, 0.29) is 43.2 Å². The molecular weight excluding hydrogens is 731 g/mol. The molecule has 3 N–H and O–H groups in total. The zero-order valence-electron chi connectivity index (χ0n) is 31.7. The predicted octanol–water partition coefficient (Wildman–Crippen LogP) is 10.0. The minimum atomic E-state index is -0.847. The smallest absolute Gasteiger partial charge is 0.355 e. The van der Waals surface area contributed by atoms with E-state index in [9.17, 15) is 24.4 Å². The third kappa shape index (κ3) is 11.4. The van der Waals surface area contributed by atoms with Crippen LogP contribution in [0.15, 0.2) is 66.5 Å². The molecule has 1 aliphatic rings. The molecule has 0 saturated carbocycles. The number of methoxy groups -OCH3 is 1. The molecule has 54 heavy (non-hydrogen) atoms. The van der Waals surface area contributed by atoms with E-state index >= 15 is 0 Å². The molecule has 3 aromatic rings. The van der Waals surface area contributed by atoms with Gasteiger partial charge in [0.25, 0.3) is 11.8 Å². The lowest BCUT2D eigenvalue weighted by molar-refractivity contribution is -0.499. The van der Waals surface area contributed by atoms with E-state index in [1.807, 2.05) is 20.8 Å². The predicted molar refractivity (Wildman–Crippen MR) is 212 cm³/mol. The van der Waals surface area contributed by atoms with Crippen molar-refractivity contribution in [3.63, 3.8) is 0 Å². The first kappa shape index (κ1) is 42.1. The molecule has 0 spiro atoms. The Morgan fingerprint density at radius 2 is 1.50 bits per heavy atom. The summed E-state index contributed by atoms with van der Waals surface area (Å²) in [5.41, 5.74) is 0.734. The summed E-state index contributed by atoms with van der Waals surface area (Å²) < 4.78 is 11.4. The highest BCUT2D eigenvalue weighted by atomic mass is 35.5. The Morgan fingerprint density at radius 3 is 2.11 bits per heavy atom. The number of nitrogens with zero attached hydrogens (tertiary/aromatic N) is 2. The fourth-order valence-corrected chi connectivity index (χ4v) is 6.77. The molecule has 1 aliphatic heterocycles. The zero-order valence-corrected chi connectivity index (χ0v) is 33.2. The van der Waals surface area contributed by atoms with Crippen LogP contribution in [0.5, 0.6) is 17.2 Å². The summed E-state index contributed by atoms with van der Waals surface area (Å²) >= 11 is 12.6. The second-order valence-corrected chi connectivity index (χ2v) is 15.2. The van der Waals surface area contributed by atoms with Crippen molar-refractivity contribution in [2.75, 3.05) is 17.4 Å². The van der Waals surface area contributed by atoms with Crippen molar-refractivity contribution >= 4 is 52.3 Å². The van der Waals surface area contributed by atoms with Crippen molar-refractivity contribution in [2.45, 2.75) is 110 Å². The fraction of sp³-hybridized carbons (Fsp3) is 0.439. The van der Waals surface area contributed by atoms with Crippen molar-refractivity contribution in [3.05, 3.63) is 92.6 Å². The van der Waals surface area contributed by atoms with Crippen molar-refractivity contribution in [1.82, 2.24) is 5.32 Å². The number of phenolic OH excluding ortho intramolecular Hbond substituents is 1. The fourth-order valence-electron chi connectivity index (χ4n) is 6.14. The molecule has 0 bridgehead atoms. The minimum Gasteiger partial charge on any atom is -0.508 e. The van der Waals surface area contributed by atoms with Gasteiger partial charge in [-0.3, -0.25) is 9.59 Å². The summed E-state index contributed by atoms with van der Waals surface area (Å²) in [4.78, 5) is 53.3. The summed E-state index contributed by atoms with van der Waals surface area (Å²) in [5, 5.41) is 16.5. The quantitative estimate of drug-likeness (QED) is 0.0813. The van der Waals surface area contributed by atoms with E-state index in [1.165, 1.54) is 69.9 Å². The van der Waals surface area contributed by atoms with Gasteiger partial charge in [0.05, 0.1) is 27.6 Å². The third-order valence-corrected chi connectivity index (χ3v) is 9.67. The van der Waals surface area contributed by atoms with E-state index in [4.69, 9.17) is 32.7 Å². The maximum Gasteiger partial charge on any atom is 0.355 e. The molecule has 0 saturated heterocycles. The van der Waals surface area contributed by atoms with Gasteiger partial charge in [-0.05, 0) is 59.6 Å². The van der Waals surface area contributed by atoms with Gasteiger partial charge in [-0.2, -0.15) is 0 Å². The van der Waals surface area contributed by atoms with Crippen LogP contribution in [-0.2, 0) is 15.0 Å². The van der Waals surface area contributed by atoms with E-state index in [0.29, 0.717) is 34.2 Å². The number of nitroso groups, excluding NO2 is 1. The average Bonchev–Trinajstić information content (AvgIpc) is 3.39. The van der Waals surface area contributed by atoms with Crippen LogP contribution in [-0.4, -0.2) is 40.9 Å². The third-order valence-electron chi connectivity index (χ3n) is 9.10. The number of rotatable bonds is 19. The van der Waals surface area contributed by atoms with E-state index in [1.54, 1.807) is 30.3 Å². The van der Waals surface area contributed by atoms with Gasteiger partial charge in [0.1, 0.15) is 29.0 Å². The van der Waals surface area contributed by atoms with Gasteiger partial charge in [0, 0.05) is 23.4 Å². The maximum atomic E-state index is 13.7. The van der Waals surface area contributed by atoms with Gasteiger partial charge in [0.2, 0.25) is 0 Å². The molecular formula is C41H51Cl2N4O7+. The molecule has 0 aromatic heterocycles. The molecule has 11 nitrogen and oxygen atoms in total. The topological polar surface area (TPSA) is 137 Å². The van der Waals surface area contributed by atoms with Crippen LogP contribution < -0.4 is 25.1 Å². The SMILES string of the molecule is CCCCCCCCCCCCC(Oc1ccc(O)c(C(C)(C)C)c1)C(=O)Nc1cccc(C(=O)NC2=CC(=O)N(c3c(Cl)cc(OC)cc3Cl)[N+]2=O)c1. The van der Waals surface area contributed by atoms with Gasteiger partial charge in [-0.25, -0.2) is 10.1 Å². The van der Waals surface area contributed by atoms with Crippen LogP contribution in [0, 0.1) is 4.91 Å². The van der Waals surface area contributed by atoms with Gasteiger partial charge in [-0.15, -0.1) is 0 Å². The number of nitrogens with one attached hydrogen (secondary N) is 2. The molecule has 3 aromatic carbocycles. The highest BCUT2D eigenvalue weighted by Gasteiger charge is 2.42. The largest absolute Gasteiger partial charge is 0.508 e. The number of ether oxygens (including phenoxy) is 2.